The average Bonchev–Trinajstić information content (AvgIpc) is 2.84. The number of unbranched alkanes of at least 4 members (excludes halogenated alkanes) is 2. The van der Waals surface area contributed by atoms with Gasteiger partial charge in [-0.1, -0.05) is 62.2 Å². The number of fused-ring (bicyclic) bond motifs is 2. The monoisotopic (exact) mass is 506 g/mol. The van der Waals surface area contributed by atoms with Gasteiger partial charge in [-0.3, -0.25) is 0 Å². The number of aryl methyl sites for hydroxylation is 1. The third kappa shape index (κ3) is 7.97. The molecule has 0 radical (unpaired) electrons. The van der Waals surface area contributed by atoms with Gasteiger partial charge in [0, 0.05) is 10.4 Å². The van der Waals surface area contributed by atoms with E-state index in [9.17, 15) is 9.59 Å². The molecule has 0 spiro atoms. The van der Waals surface area contributed by atoms with Gasteiger partial charge in [-0.25, -0.2) is 9.59 Å². The van der Waals surface area contributed by atoms with E-state index in [1.807, 2.05) is 38.1 Å². The Morgan fingerprint density at radius 2 is 1.24 bits per heavy atom. The Bertz CT molecular complexity index is 1340. The van der Waals surface area contributed by atoms with Crippen molar-refractivity contribution in [1.29, 1.82) is 0 Å². The van der Waals surface area contributed by atoms with Crippen molar-refractivity contribution in [1.82, 2.24) is 0 Å². The summed E-state index contributed by atoms with van der Waals surface area (Å²) in [6.45, 7) is 9.09. The van der Waals surface area contributed by atoms with Gasteiger partial charge in [0.2, 0.25) is 0 Å². The molecular formula is C31H38O6. The summed E-state index contributed by atoms with van der Waals surface area (Å²) in [5, 5.41) is 5.62. The first-order valence-corrected chi connectivity index (χ1v) is 13.1. The van der Waals surface area contributed by atoms with Gasteiger partial charge >= 0.3 is 11.9 Å². The standard InChI is InChI=1S/C31H38O6/c1-6-7-8-11-23-14-15-26-27(16-23)29(18-35-20-31(33)37-22(4)5)25-13-10-9-12-24(25)28(26)17-34-19-30(32)36-21(2)3/h9-10,12-18,21-22H,6-8,11,19-20H2,1-5H3. The molecule has 37 heavy (non-hydrogen) atoms. The summed E-state index contributed by atoms with van der Waals surface area (Å²) in [7, 11) is 0. The number of benzene rings is 3. The lowest BCUT2D eigenvalue weighted by Gasteiger charge is -2.11. The van der Waals surface area contributed by atoms with Gasteiger partial charge in [-0.2, -0.15) is 0 Å². The zero-order valence-electron chi connectivity index (χ0n) is 22.5. The minimum atomic E-state index is -0.412. The maximum atomic E-state index is 12.0. The Kier molecular flexibility index (Phi) is 10.4. The first-order valence-electron chi connectivity index (χ1n) is 13.1. The highest BCUT2D eigenvalue weighted by molar-refractivity contribution is 6.00. The topological polar surface area (TPSA) is 71.1 Å². The van der Waals surface area contributed by atoms with Crippen molar-refractivity contribution in [2.45, 2.75) is 72.5 Å². The molecule has 198 valence electrons. The molecule has 0 bridgehead atoms. The van der Waals surface area contributed by atoms with Crippen LogP contribution in [-0.4, -0.2) is 37.4 Å². The number of carbonyl (C=O) groups excluding carboxylic acids is 2. The van der Waals surface area contributed by atoms with E-state index in [1.54, 1.807) is 26.4 Å². The predicted molar refractivity (Wildman–Crippen MR) is 147 cm³/mol. The lowest BCUT2D eigenvalue weighted by Crippen LogP contribution is -2.19. The lowest BCUT2D eigenvalue weighted by atomic mass is 9.95. The van der Waals surface area contributed by atoms with Crippen LogP contribution in [0.15, 0.2) is 42.5 Å². The van der Waals surface area contributed by atoms with Crippen molar-refractivity contribution in [2.75, 3.05) is 13.2 Å². The van der Waals surface area contributed by atoms with Crippen LogP contribution in [0.5, 0.6) is 0 Å². The van der Waals surface area contributed by atoms with Gasteiger partial charge in [-0.15, -0.1) is 0 Å². The van der Waals surface area contributed by atoms with E-state index >= 15 is 0 Å². The van der Waals surface area contributed by atoms with E-state index in [1.165, 1.54) is 12.0 Å². The van der Waals surface area contributed by atoms with Gasteiger partial charge in [0.25, 0.3) is 0 Å². The summed E-state index contributed by atoms with van der Waals surface area (Å²) in [4.78, 5) is 24.0. The third-order valence-electron chi connectivity index (χ3n) is 5.78. The number of hydrogen-bond acceptors (Lipinski definition) is 6. The minimum absolute atomic E-state index is 0.168. The summed E-state index contributed by atoms with van der Waals surface area (Å²) in [5.74, 6) is -0.823. The normalized spacial score (nSPS) is 12.5. The van der Waals surface area contributed by atoms with Crippen LogP contribution < -0.4 is 10.4 Å². The number of esters is 2. The summed E-state index contributed by atoms with van der Waals surface area (Å²) in [5.41, 5.74) is 1.23. The molecule has 0 aliphatic heterocycles. The van der Waals surface area contributed by atoms with E-state index < -0.39 is 11.9 Å². The maximum absolute atomic E-state index is 12.0. The fourth-order valence-corrected chi connectivity index (χ4v) is 4.26. The Morgan fingerprint density at radius 1 is 0.730 bits per heavy atom. The third-order valence-corrected chi connectivity index (χ3v) is 5.78. The van der Waals surface area contributed by atoms with Crippen LogP contribution in [0.2, 0.25) is 0 Å². The molecule has 0 atom stereocenters. The van der Waals surface area contributed by atoms with Crippen LogP contribution in [0.1, 0.15) is 59.4 Å². The minimum Gasteiger partial charge on any atom is -0.489 e. The highest BCUT2D eigenvalue weighted by atomic mass is 16.6. The molecule has 0 saturated carbocycles. The molecule has 0 aliphatic carbocycles. The predicted octanol–water partition coefficient (Wildman–Crippen LogP) is 5.14. The fourth-order valence-electron chi connectivity index (χ4n) is 4.26. The van der Waals surface area contributed by atoms with Gasteiger partial charge in [0.05, 0.1) is 24.7 Å². The fraction of sp³-hybridized carbons (Fsp3) is 0.419. The first kappa shape index (κ1) is 28.0. The highest BCUT2D eigenvalue weighted by Crippen LogP contribution is 2.17. The molecule has 6 heteroatoms. The van der Waals surface area contributed by atoms with Crippen molar-refractivity contribution in [2.24, 2.45) is 0 Å². The molecule has 0 heterocycles. The second-order valence-corrected chi connectivity index (χ2v) is 9.64. The molecule has 0 amide bonds. The Hall–Kier alpha value is -3.54. The molecule has 0 saturated heterocycles. The summed E-state index contributed by atoms with van der Waals surface area (Å²) < 4.78 is 21.8. The molecule has 3 aromatic carbocycles. The molecule has 0 unspecified atom stereocenters. The van der Waals surface area contributed by atoms with Crippen LogP contribution in [0.3, 0.4) is 0 Å². The second-order valence-electron chi connectivity index (χ2n) is 9.64. The van der Waals surface area contributed by atoms with Crippen LogP contribution >= 0.6 is 0 Å². The van der Waals surface area contributed by atoms with E-state index in [4.69, 9.17) is 18.9 Å². The van der Waals surface area contributed by atoms with Crippen molar-refractivity contribution < 1.29 is 28.5 Å². The van der Waals surface area contributed by atoms with E-state index in [0.717, 1.165) is 51.2 Å². The van der Waals surface area contributed by atoms with Gasteiger partial charge in [0.1, 0.15) is 0 Å². The zero-order valence-corrected chi connectivity index (χ0v) is 22.5. The van der Waals surface area contributed by atoms with Crippen LogP contribution in [0.4, 0.5) is 0 Å². The summed E-state index contributed by atoms with van der Waals surface area (Å²) >= 11 is 0. The number of ether oxygens (including phenoxy) is 4. The smallest absolute Gasteiger partial charge is 0.344 e. The maximum Gasteiger partial charge on any atom is 0.344 e. The van der Waals surface area contributed by atoms with Crippen molar-refractivity contribution in [3.05, 3.63) is 58.5 Å². The van der Waals surface area contributed by atoms with Gasteiger partial charge < -0.3 is 18.9 Å². The number of carbonyl (C=O) groups is 2. The van der Waals surface area contributed by atoms with Gasteiger partial charge in [0.15, 0.2) is 13.2 Å². The molecular weight excluding hydrogens is 468 g/mol. The zero-order chi connectivity index (χ0) is 26.8. The van der Waals surface area contributed by atoms with Gasteiger partial charge in [-0.05, 0) is 67.6 Å². The van der Waals surface area contributed by atoms with Crippen molar-refractivity contribution in [3.8, 4) is 0 Å². The average molecular weight is 507 g/mol. The molecule has 3 rings (SSSR count). The number of hydrogen-bond donors (Lipinski definition) is 0. The van der Waals surface area contributed by atoms with E-state index in [-0.39, 0.29) is 25.4 Å². The molecule has 0 N–H and O–H groups in total. The molecule has 0 fully saturated rings. The summed E-state index contributed by atoms with van der Waals surface area (Å²) in [6.07, 6.45) is 7.32. The quantitative estimate of drug-likeness (QED) is 0.193. The van der Waals surface area contributed by atoms with E-state index in [2.05, 4.69) is 25.1 Å². The van der Waals surface area contributed by atoms with E-state index in [0.29, 0.717) is 0 Å². The van der Waals surface area contributed by atoms with Crippen LogP contribution in [0, 0.1) is 0 Å². The second kappa shape index (κ2) is 13.7. The van der Waals surface area contributed by atoms with Crippen molar-refractivity contribution >= 4 is 46.0 Å². The summed E-state index contributed by atoms with van der Waals surface area (Å²) in [6, 6.07) is 14.4. The van der Waals surface area contributed by atoms with Crippen LogP contribution in [0.25, 0.3) is 34.1 Å². The highest BCUT2D eigenvalue weighted by Gasteiger charge is 2.10. The molecule has 0 aromatic heterocycles. The molecule has 3 aromatic rings. The Balaban J connectivity index is 2.12. The molecule has 6 nitrogen and oxygen atoms in total. The van der Waals surface area contributed by atoms with Crippen LogP contribution in [-0.2, 0) is 35.0 Å². The molecule has 0 aliphatic rings. The Morgan fingerprint density at radius 3 is 1.76 bits per heavy atom. The first-order chi connectivity index (χ1) is 17.8. The SMILES string of the molecule is CCCCCc1ccc2c(=COCC(=O)OC(C)C)c3ccccc3c(=COCC(=O)OC(C)C)c2c1. The number of rotatable bonds is 12. The Labute approximate surface area is 218 Å². The lowest BCUT2D eigenvalue weighted by molar-refractivity contribution is -0.151. The largest absolute Gasteiger partial charge is 0.489 e. The van der Waals surface area contributed by atoms with Crippen molar-refractivity contribution in [3.63, 3.8) is 0 Å².